The van der Waals surface area contributed by atoms with Crippen molar-refractivity contribution in [3.8, 4) is 0 Å². The molecule has 2 aromatic rings. The summed E-state index contributed by atoms with van der Waals surface area (Å²) in [6.45, 7) is 7.35. The van der Waals surface area contributed by atoms with Gasteiger partial charge in [-0.15, -0.1) is 0 Å². The Bertz CT molecular complexity index is 860. The second-order valence-electron chi connectivity index (χ2n) is 8.35. The van der Waals surface area contributed by atoms with Gasteiger partial charge in [-0.1, -0.05) is 18.2 Å². The molecule has 0 aliphatic carbocycles. The van der Waals surface area contributed by atoms with Crippen LogP contribution >= 0.6 is 0 Å². The van der Waals surface area contributed by atoms with Gasteiger partial charge in [-0.2, -0.15) is 0 Å². The fraction of sp³-hybridized carbons (Fsp3) is 0.591. The van der Waals surface area contributed by atoms with Crippen LogP contribution < -0.4 is 5.56 Å². The van der Waals surface area contributed by atoms with Crippen molar-refractivity contribution in [2.75, 3.05) is 52.5 Å². The van der Waals surface area contributed by atoms with Crippen LogP contribution in [0.4, 0.5) is 0 Å². The normalized spacial score (nSPS) is 24.6. The molecule has 4 rings (SSSR count). The van der Waals surface area contributed by atoms with Crippen molar-refractivity contribution in [2.45, 2.75) is 13.0 Å². The van der Waals surface area contributed by atoms with E-state index >= 15 is 0 Å². The molecule has 0 saturated carbocycles. The molecule has 2 aliphatic rings. The summed E-state index contributed by atoms with van der Waals surface area (Å²) in [5.41, 5.74) is 1.88. The maximum Gasteiger partial charge on any atom is 0.255 e. The molecule has 1 aromatic carbocycles. The summed E-state index contributed by atoms with van der Waals surface area (Å²) >= 11 is 0. The van der Waals surface area contributed by atoms with Gasteiger partial charge in [-0.05, 0) is 35.8 Å². The number of hydrogen-bond donors (Lipinski definition) is 1. The number of hydrogen-bond acceptors (Lipinski definition) is 5. The summed E-state index contributed by atoms with van der Waals surface area (Å²) < 4.78 is 7.22. The van der Waals surface area contributed by atoms with E-state index in [1.807, 2.05) is 31.3 Å². The first-order valence-corrected chi connectivity index (χ1v) is 10.3. The highest BCUT2D eigenvalue weighted by Crippen LogP contribution is 2.24. The quantitative estimate of drug-likeness (QED) is 0.841. The van der Waals surface area contributed by atoms with Crippen molar-refractivity contribution in [3.05, 3.63) is 46.2 Å². The van der Waals surface area contributed by atoms with Gasteiger partial charge in [0.15, 0.2) is 0 Å². The highest BCUT2D eigenvalue weighted by atomic mass is 16.5. The van der Waals surface area contributed by atoms with Gasteiger partial charge in [-0.3, -0.25) is 14.6 Å². The minimum atomic E-state index is 0.0783. The van der Waals surface area contributed by atoms with Crippen LogP contribution in [0.1, 0.15) is 12.0 Å². The molecule has 2 fully saturated rings. The number of pyridine rings is 1. The van der Waals surface area contributed by atoms with Crippen molar-refractivity contribution >= 4 is 10.9 Å². The molecule has 2 atom stereocenters. The van der Waals surface area contributed by atoms with Crippen LogP contribution in [0.2, 0.25) is 0 Å². The van der Waals surface area contributed by atoms with E-state index in [0.717, 1.165) is 68.8 Å². The molecule has 0 unspecified atom stereocenters. The molecule has 3 heterocycles. The number of aryl methyl sites for hydroxylation is 1. The van der Waals surface area contributed by atoms with Crippen LogP contribution in [0.3, 0.4) is 0 Å². The zero-order valence-corrected chi connectivity index (χ0v) is 16.7. The second kappa shape index (κ2) is 8.74. The van der Waals surface area contributed by atoms with E-state index in [-0.39, 0.29) is 18.1 Å². The number of aliphatic hydroxyl groups is 1. The van der Waals surface area contributed by atoms with Gasteiger partial charge in [0.05, 0.1) is 18.7 Å². The largest absolute Gasteiger partial charge is 0.396 e. The van der Waals surface area contributed by atoms with E-state index in [9.17, 15) is 9.90 Å². The lowest BCUT2D eigenvalue weighted by molar-refractivity contribution is 0.0117. The molecule has 2 saturated heterocycles. The zero-order valence-electron chi connectivity index (χ0n) is 16.7. The molecule has 2 aliphatic heterocycles. The summed E-state index contributed by atoms with van der Waals surface area (Å²) in [7, 11) is 1.85. The average molecular weight is 386 g/mol. The number of morpholine rings is 1. The number of ether oxygens (including phenoxy) is 1. The number of aromatic nitrogens is 1. The molecule has 6 heteroatoms. The van der Waals surface area contributed by atoms with Crippen LogP contribution in [-0.4, -0.2) is 72.0 Å². The fourth-order valence-electron chi connectivity index (χ4n) is 4.81. The summed E-state index contributed by atoms with van der Waals surface area (Å²) in [6, 6.07) is 10.1. The third kappa shape index (κ3) is 4.30. The number of likely N-dealkylation sites (tertiary alicyclic amines) is 1. The minimum absolute atomic E-state index is 0.0783. The fourth-order valence-corrected chi connectivity index (χ4v) is 4.81. The molecule has 0 spiro atoms. The van der Waals surface area contributed by atoms with Gasteiger partial charge in [0, 0.05) is 58.5 Å². The third-order valence-electron chi connectivity index (χ3n) is 6.18. The van der Waals surface area contributed by atoms with Crippen LogP contribution in [0, 0.1) is 11.8 Å². The molecule has 0 radical (unpaired) electrons. The first-order valence-electron chi connectivity index (χ1n) is 10.3. The zero-order chi connectivity index (χ0) is 19.5. The number of benzene rings is 1. The average Bonchev–Trinajstić information content (AvgIpc) is 2.72. The van der Waals surface area contributed by atoms with Crippen LogP contribution in [0.25, 0.3) is 10.9 Å². The Morgan fingerprint density at radius 2 is 1.86 bits per heavy atom. The number of fused-ring (bicyclic) bond motifs is 1. The lowest BCUT2D eigenvalue weighted by Crippen LogP contribution is -2.47. The number of aliphatic hydroxyl groups excluding tert-OH is 1. The van der Waals surface area contributed by atoms with E-state index in [1.54, 1.807) is 4.57 Å². The molecule has 0 amide bonds. The SMILES string of the molecule is Cn1c(=O)c(CN2C[C@@H](CO)C[C@@H](CN3CCOCC3)C2)cc2ccccc21. The molecule has 1 aromatic heterocycles. The Kier molecular flexibility index (Phi) is 6.11. The maximum atomic E-state index is 12.9. The number of para-hydroxylation sites is 1. The maximum absolute atomic E-state index is 12.9. The lowest BCUT2D eigenvalue weighted by atomic mass is 9.89. The minimum Gasteiger partial charge on any atom is -0.396 e. The summed E-state index contributed by atoms with van der Waals surface area (Å²) in [6.07, 6.45) is 1.06. The molecule has 1 N–H and O–H groups in total. The molecular formula is C22H31N3O3. The van der Waals surface area contributed by atoms with Gasteiger partial charge >= 0.3 is 0 Å². The predicted octanol–water partition coefficient (Wildman–Crippen LogP) is 1.30. The Hall–Kier alpha value is -1.73. The molecule has 0 bridgehead atoms. The van der Waals surface area contributed by atoms with E-state index in [2.05, 4.69) is 15.9 Å². The van der Waals surface area contributed by atoms with E-state index < -0.39 is 0 Å². The first-order chi connectivity index (χ1) is 13.6. The van der Waals surface area contributed by atoms with Crippen molar-refractivity contribution in [3.63, 3.8) is 0 Å². The van der Waals surface area contributed by atoms with Gasteiger partial charge in [0.1, 0.15) is 0 Å². The second-order valence-corrected chi connectivity index (χ2v) is 8.35. The molecule has 28 heavy (non-hydrogen) atoms. The highest BCUT2D eigenvalue weighted by Gasteiger charge is 2.29. The monoisotopic (exact) mass is 385 g/mol. The van der Waals surface area contributed by atoms with Gasteiger partial charge in [0.2, 0.25) is 0 Å². The lowest BCUT2D eigenvalue weighted by Gasteiger charge is -2.40. The smallest absolute Gasteiger partial charge is 0.255 e. The first kappa shape index (κ1) is 19.6. The Morgan fingerprint density at radius 1 is 1.11 bits per heavy atom. The number of piperidine rings is 1. The van der Waals surface area contributed by atoms with Crippen LogP contribution in [-0.2, 0) is 18.3 Å². The predicted molar refractivity (Wildman–Crippen MR) is 110 cm³/mol. The molecule has 152 valence electrons. The van der Waals surface area contributed by atoms with E-state index in [0.29, 0.717) is 12.5 Å². The topological polar surface area (TPSA) is 57.9 Å². The van der Waals surface area contributed by atoms with Crippen molar-refractivity contribution < 1.29 is 9.84 Å². The summed E-state index contributed by atoms with van der Waals surface area (Å²) in [5.74, 6) is 0.803. The van der Waals surface area contributed by atoms with Crippen molar-refractivity contribution in [1.29, 1.82) is 0 Å². The standard InChI is InChI=1S/C22H31N3O3/c1-23-21-5-3-2-4-19(21)11-20(22(23)27)15-25-13-17(10-18(14-25)16-26)12-24-6-8-28-9-7-24/h2-5,11,17-18,26H,6-10,12-16H2,1H3/t17-,18-/m0/s1. The molecule has 6 nitrogen and oxygen atoms in total. The van der Waals surface area contributed by atoms with Crippen molar-refractivity contribution in [2.24, 2.45) is 18.9 Å². The highest BCUT2D eigenvalue weighted by molar-refractivity contribution is 5.79. The van der Waals surface area contributed by atoms with Crippen LogP contribution in [0.15, 0.2) is 35.1 Å². The molecular weight excluding hydrogens is 354 g/mol. The summed E-state index contributed by atoms with van der Waals surface area (Å²) in [4.78, 5) is 17.7. The van der Waals surface area contributed by atoms with E-state index in [1.165, 1.54) is 0 Å². The number of nitrogens with zero attached hydrogens (tertiary/aromatic N) is 3. The Morgan fingerprint density at radius 3 is 2.64 bits per heavy atom. The number of rotatable bonds is 5. The van der Waals surface area contributed by atoms with Crippen molar-refractivity contribution in [1.82, 2.24) is 14.4 Å². The summed E-state index contributed by atoms with van der Waals surface area (Å²) in [5, 5.41) is 10.9. The van der Waals surface area contributed by atoms with Crippen LogP contribution in [0.5, 0.6) is 0 Å². The van der Waals surface area contributed by atoms with Gasteiger partial charge in [-0.25, -0.2) is 0 Å². The van der Waals surface area contributed by atoms with Gasteiger partial charge < -0.3 is 14.4 Å². The van der Waals surface area contributed by atoms with Gasteiger partial charge in [0.25, 0.3) is 5.56 Å². The van der Waals surface area contributed by atoms with E-state index in [4.69, 9.17) is 4.74 Å². The third-order valence-corrected chi connectivity index (χ3v) is 6.18. The Balaban J connectivity index is 1.50. The Labute approximate surface area is 166 Å².